The summed E-state index contributed by atoms with van der Waals surface area (Å²) in [6.45, 7) is 2.25. The standard InChI is InChI=1S/C13H16N2O3/c1-2-3-8-14-15-13(16)12-9-17-10-6-4-5-7-11(10)18-12/h4-8,12H,2-3,9H2,1H3,(H,15,16)/b14-8-/t12-/m0/s1. The van der Waals surface area contributed by atoms with Gasteiger partial charge in [0, 0.05) is 6.21 Å². The lowest BCUT2D eigenvalue weighted by molar-refractivity contribution is -0.130. The number of hydrogen-bond donors (Lipinski definition) is 1. The van der Waals surface area contributed by atoms with E-state index in [1.54, 1.807) is 12.3 Å². The second-order valence-electron chi connectivity index (χ2n) is 3.94. The minimum atomic E-state index is -0.654. The average molecular weight is 248 g/mol. The Morgan fingerprint density at radius 2 is 2.28 bits per heavy atom. The Balaban J connectivity index is 1.90. The molecule has 0 radical (unpaired) electrons. The molecule has 0 bridgehead atoms. The van der Waals surface area contributed by atoms with Crippen molar-refractivity contribution in [2.45, 2.75) is 25.9 Å². The van der Waals surface area contributed by atoms with Crippen molar-refractivity contribution in [2.24, 2.45) is 5.10 Å². The van der Waals surface area contributed by atoms with Crippen LogP contribution in [0.3, 0.4) is 0 Å². The third kappa shape index (κ3) is 3.00. The molecule has 0 aromatic heterocycles. The van der Waals surface area contributed by atoms with Crippen LogP contribution in [0.25, 0.3) is 0 Å². The van der Waals surface area contributed by atoms with Gasteiger partial charge in [-0.2, -0.15) is 5.10 Å². The molecule has 1 amide bonds. The molecule has 1 N–H and O–H groups in total. The molecule has 5 nitrogen and oxygen atoms in total. The zero-order valence-electron chi connectivity index (χ0n) is 10.3. The molecule has 5 heteroatoms. The third-order valence-corrected chi connectivity index (χ3v) is 2.48. The number of ether oxygens (including phenoxy) is 2. The van der Waals surface area contributed by atoms with Crippen molar-refractivity contribution in [1.29, 1.82) is 0 Å². The first kappa shape index (κ1) is 12.4. The van der Waals surface area contributed by atoms with Crippen molar-refractivity contribution in [3.05, 3.63) is 24.3 Å². The Kier molecular flexibility index (Phi) is 4.17. The topological polar surface area (TPSA) is 59.9 Å². The van der Waals surface area contributed by atoms with Crippen molar-refractivity contribution in [3.8, 4) is 11.5 Å². The fraction of sp³-hybridized carbons (Fsp3) is 0.385. The highest BCUT2D eigenvalue weighted by molar-refractivity contribution is 5.82. The number of fused-ring (bicyclic) bond motifs is 1. The molecule has 1 aromatic rings. The molecule has 0 unspecified atom stereocenters. The number of nitrogens with zero attached hydrogens (tertiary/aromatic N) is 1. The van der Waals surface area contributed by atoms with Gasteiger partial charge in [-0.1, -0.05) is 25.5 Å². The van der Waals surface area contributed by atoms with E-state index in [1.807, 2.05) is 25.1 Å². The van der Waals surface area contributed by atoms with E-state index < -0.39 is 6.10 Å². The van der Waals surface area contributed by atoms with E-state index in [9.17, 15) is 4.79 Å². The summed E-state index contributed by atoms with van der Waals surface area (Å²) in [5, 5.41) is 3.83. The van der Waals surface area contributed by atoms with Gasteiger partial charge in [-0.15, -0.1) is 0 Å². The van der Waals surface area contributed by atoms with Crippen molar-refractivity contribution < 1.29 is 14.3 Å². The fourth-order valence-electron chi connectivity index (χ4n) is 1.52. The molecule has 1 aliphatic rings. The van der Waals surface area contributed by atoms with Crippen molar-refractivity contribution in [1.82, 2.24) is 5.43 Å². The van der Waals surface area contributed by atoms with E-state index in [2.05, 4.69) is 10.5 Å². The highest BCUT2D eigenvalue weighted by atomic mass is 16.6. The molecule has 1 heterocycles. The minimum absolute atomic E-state index is 0.201. The number of rotatable bonds is 4. The Bertz CT molecular complexity index is 446. The quantitative estimate of drug-likeness (QED) is 0.652. The summed E-state index contributed by atoms with van der Waals surface area (Å²) >= 11 is 0. The number of hydrogen-bond acceptors (Lipinski definition) is 4. The summed E-state index contributed by atoms with van der Waals surface area (Å²) in [5.41, 5.74) is 2.44. The number of hydrazone groups is 1. The molecule has 1 atom stereocenters. The second kappa shape index (κ2) is 6.05. The van der Waals surface area contributed by atoms with E-state index in [0.29, 0.717) is 11.5 Å². The molecular formula is C13H16N2O3. The molecule has 0 saturated carbocycles. The van der Waals surface area contributed by atoms with Crippen molar-refractivity contribution >= 4 is 12.1 Å². The predicted molar refractivity (Wildman–Crippen MR) is 67.9 cm³/mol. The van der Waals surface area contributed by atoms with Crippen molar-refractivity contribution in [3.63, 3.8) is 0 Å². The van der Waals surface area contributed by atoms with E-state index in [0.717, 1.165) is 12.8 Å². The van der Waals surface area contributed by atoms with Gasteiger partial charge >= 0.3 is 0 Å². The van der Waals surface area contributed by atoms with Crippen LogP contribution in [0.1, 0.15) is 19.8 Å². The maximum atomic E-state index is 11.7. The molecular weight excluding hydrogens is 232 g/mol. The van der Waals surface area contributed by atoms with E-state index >= 15 is 0 Å². The molecule has 18 heavy (non-hydrogen) atoms. The van der Waals surface area contributed by atoms with Gasteiger partial charge in [-0.3, -0.25) is 4.79 Å². The smallest absolute Gasteiger partial charge is 0.284 e. The Hall–Kier alpha value is -2.04. The van der Waals surface area contributed by atoms with Crippen LogP contribution in [0.15, 0.2) is 29.4 Å². The number of unbranched alkanes of at least 4 members (excludes halogenated alkanes) is 1. The van der Waals surface area contributed by atoms with Gasteiger partial charge in [-0.25, -0.2) is 5.43 Å². The largest absolute Gasteiger partial charge is 0.485 e. The van der Waals surface area contributed by atoms with E-state index in [1.165, 1.54) is 0 Å². The number of para-hydroxylation sites is 2. The number of benzene rings is 1. The van der Waals surface area contributed by atoms with Crippen LogP contribution in [0, 0.1) is 0 Å². The number of nitrogens with one attached hydrogen (secondary N) is 1. The van der Waals surface area contributed by atoms with Crippen LogP contribution in [0.5, 0.6) is 11.5 Å². The molecule has 0 fully saturated rings. The van der Waals surface area contributed by atoms with Gasteiger partial charge in [0.2, 0.25) is 6.10 Å². The van der Waals surface area contributed by atoms with Crippen LogP contribution in [0.2, 0.25) is 0 Å². The lowest BCUT2D eigenvalue weighted by Gasteiger charge is -2.24. The SMILES string of the molecule is CCC/C=N\NC(=O)[C@@H]1COc2ccccc2O1. The third-order valence-electron chi connectivity index (χ3n) is 2.48. The van der Waals surface area contributed by atoms with Crippen LogP contribution in [-0.4, -0.2) is 24.8 Å². The van der Waals surface area contributed by atoms with Gasteiger partial charge < -0.3 is 9.47 Å². The summed E-state index contributed by atoms with van der Waals surface area (Å²) in [6.07, 6.45) is 2.86. The lowest BCUT2D eigenvalue weighted by Crippen LogP contribution is -2.42. The van der Waals surface area contributed by atoms with Gasteiger partial charge in [0.05, 0.1) is 0 Å². The number of amides is 1. The molecule has 1 aliphatic heterocycles. The Labute approximate surface area is 106 Å². The van der Waals surface area contributed by atoms with Crippen LogP contribution >= 0.6 is 0 Å². The van der Waals surface area contributed by atoms with Crippen LogP contribution < -0.4 is 14.9 Å². The van der Waals surface area contributed by atoms with Crippen LogP contribution in [0.4, 0.5) is 0 Å². The Morgan fingerprint density at radius 1 is 1.50 bits per heavy atom. The van der Waals surface area contributed by atoms with Gasteiger partial charge in [0.1, 0.15) is 6.61 Å². The van der Waals surface area contributed by atoms with Gasteiger partial charge in [0.15, 0.2) is 11.5 Å². The van der Waals surface area contributed by atoms with Crippen molar-refractivity contribution in [2.75, 3.05) is 6.61 Å². The molecule has 0 aliphatic carbocycles. The van der Waals surface area contributed by atoms with E-state index in [4.69, 9.17) is 9.47 Å². The normalized spacial score (nSPS) is 17.7. The molecule has 96 valence electrons. The van der Waals surface area contributed by atoms with Gasteiger partial charge in [0.25, 0.3) is 5.91 Å². The lowest BCUT2D eigenvalue weighted by atomic mass is 10.2. The maximum absolute atomic E-state index is 11.7. The first-order valence-electron chi connectivity index (χ1n) is 6.01. The minimum Gasteiger partial charge on any atom is -0.485 e. The number of carbonyl (C=O) groups excluding carboxylic acids is 1. The summed E-state index contributed by atoms with van der Waals surface area (Å²) in [7, 11) is 0. The molecule has 0 saturated heterocycles. The van der Waals surface area contributed by atoms with E-state index in [-0.39, 0.29) is 12.5 Å². The summed E-state index contributed by atoms with van der Waals surface area (Å²) < 4.78 is 11.0. The monoisotopic (exact) mass is 248 g/mol. The maximum Gasteiger partial charge on any atom is 0.284 e. The van der Waals surface area contributed by atoms with Gasteiger partial charge in [-0.05, 0) is 18.6 Å². The first-order chi connectivity index (χ1) is 8.81. The summed E-state index contributed by atoms with van der Waals surface area (Å²) in [6, 6.07) is 7.28. The second-order valence-corrected chi connectivity index (χ2v) is 3.94. The van der Waals surface area contributed by atoms with Crippen LogP contribution in [-0.2, 0) is 4.79 Å². The highest BCUT2D eigenvalue weighted by Gasteiger charge is 2.26. The fourth-order valence-corrected chi connectivity index (χ4v) is 1.52. The zero-order chi connectivity index (χ0) is 12.8. The highest BCUT2D eigenvalue weighted by Crippen LogP contribution is 2.30. The average Bonchev–Trinajstić information content (AvgIpc) is 2.43. The molecule has 1 aromatic carbocycles. The predicted octanol–water partition coefficient (Wildman–Crippen LogP) is 1.73. The Morgan fingerprint density at radius 3 is 3.06 bits per heavy atom. The molecule has 0 spiro atoms. The summed E-state index contributed by atoms with van der Waals surface area (Å²) in [5.74, 6) is 0.953. The summed E-state index contributed by atoms with van der Waals surface area (Å²) in [4.78, 5) is 11.7. The molecule has 2 rings (SSSR count). The zero-order valence-corrected chi connectivity index (χ0v) is 10.3. The number of carbonyl (C=O) groups is 1. The first-order valence-corrected chi connectivity index (χ1v) is 6.01.